The maximum atomic E-state index is 6.39. The number of rotatable bonds is 3. The molecule has 3 N–H and O–H groups in total. The second-order valence-corrected chi connectivity index (χ2v) is 5.41. The molecule has 1 heterocycles. The van der Waals surface area contributed by atoms with Gasteiger partial charge in [-0.25, -0.2) is 0 Å². The van der Waals surface area contributed by atoms with Gasteiger partial charge in [0.05, 0.1) is 16.2 Å². The smallest absolute Gasteiger partial charge is 0.0752 e. The van der Waals surface area contributed by atoms with E-state index < -0.39 is 0 Å². The highest BCUT2D eigenvalue weighted by atomic mass is 35.5. The first-order valence-electron chi connectivity index (χ1n) is 6.78. The molecular formula is C17H16ClN3. The molecule has 0 radical (unpaired) electrons. The zero-order valence-electron chi connectivity index (χ0n) is 11.7. The summed E-state index contributed by atoms with van der Waals surface area (Å²) >= 11 is 6.39. The molecule has 4 heteroatoms. The highest BCUT2D eigenvalue weighted by molar-refractivity contribution is 6.35. The van der Waals surface area contributed by atoms with Crippen molar-refractivity contribution in [2.45, 2.75) is 13.5 Å². The number of aryl methyl sites for hydroxylation is 1. The topological polar surface area (TPSA) is 50.9 Å². The van der Waals surface area contributed by atoms with Gasteiger partial charge < -0.3 is 11.1 Å². The van der Waals surface area contributed by atoms with Gasteiger partial charge in [0.1, 0.15) is 0 Å². The maximum Gasteiger partial charge on any atom is 0.0752 e. The zero-order valence-corrected chi connectivity index (χ0v) is 12.5. The molecule has 0 saturated carbocycles. The van der Waals surface area contributed by atoms with Crippen LogP contribution in [0.25, 0.3) is 10.9 Å². The highest BCUT2D eigenvalue weighted by Crippen LogP contribution is 2.33. The number of fused-ring (bicyclic) bond motifs is 1. The van der Waals surface area contributed by atoms with E-state index in [0.717, 1.165) is 33.4 Å². The summed E-state index contributed by atoms with van der Waals surface area (Å²) in [4.78, 5) is 4.43. The van der Waals surface area contributed by atoms with Gasteiger partial charge in [0.25, 0.3) is 0 Å². The number of aromatic nitrogens is 1. The normalized spacial score (nSPS) is 10.8. The molecule has 106 valence electrons. The molecule has 0 fully saturated rings. The molecule has 0 unspecified atom stereocenters. The number of hydrogen-bond acceptors (Lipinski definition) is 3. The molecule has 0 saturated heterocycles. The Morgan fingerprint density at radius 2 is 2.00 bits per heavy atom. The second kappa shape index (κ2) is 5.62. The molecule has 0 spiro atoms. The van der Waals surface area contributed by atoms with Crippen LogP contribution in [0.15, 0.2) is 48.7 Å². The third kappa shape index (κ3) is 2.65. The molecule has 3 rings (SSSR count). The third-order valence-corrected chi connectivity index (χ3v) is 3.84. The van der Waals surface area contributed by atoms with Crippen molar-refractivity contribution in [3.8, 4) is 0 Å². The van der Waals surface area contributed by atoms with E-state index >= 15 is 0 Å². The Balaban J connectivity index is 1.99. The Labute approximate surface area is 128 Å². The molecular weight excluding hydrogens is 282 g/mol. The summed E-state index contributed by atoms with van der Waals surface area (Å²) in [5, 5.41) is 5.11. The molecule has 0 bridgehead atoms. The Morgan fingerprint density at radius 3 is 2.81 bits per heavy atom. The summed E-state index contributed by atoms with van der Waals surface area (Å²) in [6, 6.07) is 13.7. The van der Waals surface area contributed by atoms with E-state index in [4.69, 9.17) is 17.3 Å². The van der Waals surface area contributed by atoms with Gasteiger partial charge in [-0.1, -0.05) is 29.8 Å². The fourth-order valence-electron chi connectivity index (χ4n) is 2.44. The number of nitrogen functional groups attached to an aromatic ring is 1. The number of para-hydroxylation sites is 1. The summed E-state index contributed by atoms with van der Waals surface area (Å²) in [7, 11) is 0. The van der Waals surface area contributed by atoms with Crippen molar-refractivity contribution < 1.29 is 0 Å². The number of pyridine rings is 1. The lowest BCUT2D eigenvalue weighted by Gasteiger charge is -2.14. The molecule has 0 amide bonds. The maximum absolute atomic E-state index is 6.39. The lowest BCUT2D eigenvalue weighted by atomic mass is 10.1. The Kier molecular flexibility index (Phi) is 3.67. The fourth-order valence-corrected chi connectivity index (χ4v) is 2.77. The monoisotopic (exact) mass is 297 g/mol. The first-order valence-corrected chi connectivity index (χ1v) is 7.15. The van der Waals surface area contributed by atoms with Gasteiger partial charge in [0.2, 0.25) is 0 Å². The minimum absolute atomic E-state index is 0.624. The van der Waals surface area contributed by atoms with Gasteiger partial charge in [-0.05, 0) is 42.3 Å². The molecule has 3 nitrogen and oxygen atoms in total. The van der Waals surface area contributed by atoms with E-state index in [-0.39, 0.29) is 0 Å². The SMILES string of the molecule is Cc1cc(Cl)c(NCc2ccccc2N)c2cccnc12. The summed E-state index contributed by atoms with van der Waals surface area (Å²) in [6.45, 7) is 2.64. The highest BCUT2D eigenvalue weighted by Gasteiger charge is 2.10. The van der Waals surface area contributed by atoms with E-state index in [2.05, 4.69) is 10.3 Å². The number of benzene rings is 2. The molecule has 21 heavy (non-hydrogen) atoms. The lowest BCUT2D eigenvalue weighted by Crippen LogP contribution is -2.04. The standard InChI is InChI=1S/C17H16ClN3/c1-11-9-14(18)17(13-6-4-8-20-16(11)13)21-10-12-5-2-3-7-15(12)19/h2-9,21H,10,19H2,1H3. The minimum atomic E-state index is 0.624. The first kappa shape index (κ1) is 13.7. The third-order valence-electron chi connectivity index (χ3n) is 3.54. The Bertz CT molecular complexity index is 799. The van der Waals surface area contributed by atoms with Crippen LogP contribution in [0.2, 0.25) is 5.02 Å². The average molecular weight is 298 g/mol. The molecule has 3 aromatic rings. The quantitative estimate of drug-likeness (QED) is 0.705. The minimum Gasteiger partial charge on any atom is -0.398 e. The van der Waals surface area contributed by atoms with Gasteiger partial charge in [0, 0.05) is 23.8 Å². The summed E-state index contributed by atoms with van der Waals surface area (Å²) in [6.07, 6.45) is 1.79. The van der Waals surface area contributed by atoms with Crippen LogP contribution in [0.5, 0.6) is 0 Å². The second-order valence-electron chi connectivity index (χ2n) is 5.00. The van der Waals surface area contributed by atoms with Crippen LogP contribution in [0.1, 0.15) is 11.1 Å². The van der Waals surface area contributed by atoms with Gasteiger partial charge >= 0.3 is 0 Å². The molecule has 0 atom stereocenters. The Hall–Kier alpha value is -2.26. The summed E-state index contributed by atoms with van der Waals surface area (Å²) < 4.78 is 0. The number of nitrogens with one attached hydrogen (secondary N) is 1. The van der Waals surface area contributed by atoms with Crippen molar-refractivity contribution in [2.75, 3.05) is 11.1 Å². The molecule has 0 aliphatic carbocycles. The van der Waals surface area contributed by atoms with Crippen LogP contribution in [0.4, 0.5) is 11.4 Å². The van der Waals surface area contributed by atoms with Gasteiger partial charge in [-0.3, -0.25) is 4.98 Å². The van der Waals surface area contributed by atoms with Gasteiger partial charge in [-0.15, -0.1) is 0 Å². The van der Waals surface area contributed by atoms with Gasteiger partial charge in [0.15, 0.2) is 0 Å². The van der Waals surface area contributed by atoms with Crippen LogP contribution in [0.3, 0.4) is 0 Å². The van der Waals surface area contributed by atoms with Gasteiger partial charge in [-0.2, -0.15) is 0 Å². The van der Waals surface area contributed by atoms with Crippen molar-refractivity contribution in [3.05, 3.63) is 64.8 Å². The van der Waals surface area contributed by atoms with Crippen molar-refractivity contribution in [1.82, 2.24) is 4.98 Å². The van der Waals surface area contributed by atoms with E-state index in [9.17, 15) is 0 Å². The summed E-state index contributed by atoms with van der Waals surface area (Å²) in [5.41, 5.74) is 10.7. The van der Waals surface area contributed by atoms with Crippen LogP contribution in [-0.2, 0) is 6.54 Å². The van der Waals surface area contributed by atoms with E-state index in [0.29, 0.717) is 11.6 Å². The lowest BCUT2D eigenvalue weighted by molar-refractivity contribution is 1.16. The molecule has 0 aliphatic rings. The number of anilines is 2. The largest absolute Gasteiger partial charge is 0.398 e. The van der Waals surface area contributed by atoms with Crippen LogP contribution in [0, 0.1) is 6.92 Å². The summed E-state index contributed by atoms with van der Waals surface area (Å²) in [5.74, 6) is 0. The van der Waals surface area contributed by atoms with Crippen LogP contribution >= 0.6 is 11.6 Å². The molecule has 0 aliphatic heterocycles. The van der Waals surface area contributed by atoms with E-state index in [1.54, 1.807) is 6.20 Å². The predicted octanol–water partition coefficient (Wildman–Crippen LogP) is 4.39. The number of hydrogen-bond donors (Lipinski definition) is 2. The molecule has 2 aromatic carbocycles. The Morgan fingerprint density at radius 1 is 1.19 bits per heavy atom. The number of nitrogens with zero attached hydrogens (tertiary/aromatic N) is 1. The fraction of sp³-hybridized carbons (Fsp3) is 0.118. The first-order chi connectivity index (χ1) is 10.2. The van der Waals surface area contributed by atoms with Crippen LogP contribution < -0.4 is 11.1 Å². The van der Waals surface area contributed by atoms with E-state index in [1.165, 1.54) is 0 Å². The van der Waals surface area contributed by atoms with Crippen molar-refractivity contribution in [3.63, 3.8) is 0 Å². The van der Waals surface area contributed by atoms with E-state index in [1.807, 2.05) is 49.4 Å². The average Bonchev–Trinajstić information content (AvgIpc) is 2.49. The van der Waals surface area contributed by atoms with Crippen molar-refractivity contribution >= 4 is 33.9 Å². The van der Waals surface area contributed by atoms with Crippen LogP contribution in [-0.4, -0.2) is 4.98 Å². The predicted molar refractivity (Wildman–Crippen MR) is 89.7 cm³/mol. The van der Waals surface area contributed by atoms with Crippen molar-refractivity contribution in [2.24, 2.45) is 0 Å². The number of halogens is 1. The number of nitrogens with two attached hydrogens (primary N) is 1. The molecule has 1 aromatic heterocycles. The van der Waals surface area contributed by atoms with Crippen molar-refractivity contribution in [1.29, 1.82) is 0 Å². The zero-order chi connectivity index (χ0) is 14.8.